The number of aliphatic hydroxyl groups is 1. The standard InChI is InChI=1S/C14H22N2O2/c1-10(17)12-3-4-16(9-12)8-11-5-13(15)7-14(6-11)18-2/h5-7,10,12,17H,3-4,8-9,15H2,1-2H3. The van der Waals surface area contributed by atoms with Gasteiger partial charge in [-0.2, -0.15) is 0 Å². The Balaban J connectivity index is 2.00. The molecule has 1 saturated heterocycles. The first-order valence-electron chi connectivity index (χ1n) is 6.42. The molecule has 2 rings (SSSR count). The number of hydrogen-bond donors (Lipinski definition) is 2. The van der Waals surface area contributed by atoms with Crippen LogP contribution >= 0.6 is 0 Å². The molecule has 4 heteroatoms. The minimum atomic E-state index is -0.217. The Morgan fingerprint density at radius 1 is 1.50 bits per heavy atom. The van der Waals surface area contributed by atoms with E-state index in [0.29, 0.717) is 5.92 Å². The van der Waals surface area contributed by atoms with Crippen LogP contribution in [0, 0.1) is 5.92 Å². The van der Waals surface area contributed by atoms with Crippen LogP contribution in [0.2, 0.25) is 0 Å². The smallest absolute Gasteiger partial charge is 0.121 e. The number of hydrogen-bond acceptors (Lipinski definition) is 4. The molecule has 0 amide bonds. The molecule has 2 unspecified atom stereocenters. The molecule has 1 fully saturated rings. The molecule has 0 saturated carbocycles. The van der Waals surface area contributed by atoms with Crippen molar-refractivity contribution in [1.29, 1.82) is 0 Å². The Bertz CT molecular complexity index is 407. The van der Waals surface area contributed by atoms with Gasteiger partial charge < -0.3 is 15.6 Å². The maximum Gasteiger partial charge on any atom is 0.121 e. The SMILES string of the molecule is COc1cc(N)cc(CN2CCC(C(C)O)C2)c1. The van der Waals surface area contributed by atoms with E-state index in [0.717, 1.165) is 43.1 Å². The third-order valence-electron chi connectivity index (χ3n) is 3.62. The van der Waals surface area contributed by atoms with E-state index < -0.39 is 0 Å². The lowest BCUT2D eigenvalue weighted by Crippen LogP contribution is -2.24. The van der Waals surface area contributed by atoms with E-state index in [4.69, 9.17) is 10.5 Å². The monoisotopic (exact) mass is 250 g/mol. The van der Waals surface area contributed by atoms with E-state index in [9.17, 15) is 5.11 Å². The van der Waals surface area contributed by atoms with E-state index >= 15 is 0 Å². The van der Waals surface area contributed by atoms with E-state index in [1.54, 1.807) is 7.11 Å². The van der Waals surface area contributed by atoms with Gasteiger partial charge in [-0.1, -0.05) is 0 Å². The molecule has 2 atom stereocenters. The molecule has 1 aromatic carbocycles. The van der Waals surface area contributed by atoms with Crippen LogP contribution in [0.1, 0.15) is 18.9 Å². The zero-order valence-electron chi connectivity index (χ0n) is 11.1. The van der Waals surface area contributed by atoms with Crippen molar-refractivity contribution in [3.63, 3.8) is 0 Å². The predicted molar refractivity (Wildman–Crippen MR) is 72.5 cm³/mol. The van der Waals surface area contributed by atoms with Crippen molar-refractivity contribution in [3.8, 4) is 5.75 Å². The molecule has 1 heterocycles. The number of likely N-dealkylation sites (tertiary alicyclic amines) is 1. The number of methoxy groups -OCH3 is 1. The molecule has 0 aliphatic carbocycles. The molecule has 100 valence electrons. The van der Waals surface area contributed by atoms with Gasteiger partial charge in [-0.15, -0.1) is 0 Å². The fourth-order valence-electron chi connectivity index (χ4n) is 2.55. The zero-order valence-corrected chi connectivity index (χ0v) is 11.1. The highest BCUT2D eigenvalue weighted by Crippen LogP contribution is 2.24. The van der Waals surface area contributed by atoms with Crippen LogP contribution < -0.4 is 10.5 Å². The normalized spacial score (nSPS) is 22.1. The molecule has 3 N–H and O–H groups in total. The molecule has 18 heavy (non-hydrogen) atoms. The Morgan fingerprint density at radius 3 is 2.89 bits per heavy atom. The third kappa shape index (κ3) is 3.15. The van der Waals surface area contributed by atoms with Gasteiger partial charge in [0.15, 0.2) is 0 Å². The Labute approximate surface area is 108 Å². The molecule has 1 aromatic rings. The van der Waals surface area contributed by atoms with Gasteiger partial charge in [-0.3, -0.25) is 4.90 Å². The maximum absolute atomic E-state index is 9.60. The third-order valence-corrected chi connectivity index (χ3v) is 3.62. The zero-order chi connectivity index (χ0) is 13.1. The Kier molecular flexibility index (Phi) is 4.09. The number of anilines is 1. The van der Waals surface area contributed by atoms with Gasteiger partial charge in [-0.25, -0.2) is 0 Å². The fraction of sp³-hybridized carbons (Fsp3) is 0.571. The van der Waals surface area contributed by atoms with Crippen molar-refractivity contribution in [2.75, 3.05) is 25.9 Å². The van der Waals surface area contributed by atoms with Crippen LogP contribution in [0.5, 0.6) is 5.75 Å². The van der Waals surface area contributed by atoms with E-state index in [-0.39, 0.29) is 6.10 Å². The summed E-state index contributed by atoms with van der Waals surface area (Å²) in [5.74, 6) is 1.20. The van der Waals surface area contributed by atoms with E-state index in [1.807, 2.05) is 25.1 Å². The molecule has 0 aromatic heterocycles. The number of aliphatic hydroxyl groups excluding tert-OH is 1. The van der Waals surface area contributed by atoms with Crippen LogP contribution in [0.4, 0.5) is 5.69 Å². The number of rotatable bonds is 4. The summed E-state index contributed by atoms with van der Waals surface area (Å²) in [4.78, 5) is 2.35. The van der Waals surface area contributed by atoms with E-state index in [2.05, 4.69) is 4.90 Å². The summed E-state index contributed by atoms with van der Waals surface area (Å²) in [6, 6.07) is 5.83. The summed E-state index contributed by atoms with van der Waals surface area (Å²) >= 11 is 0. The molecule has 0 spiro atoms. The van der Waals surface area contributed by atoms with Gasteiger partial charge in [-0.05, 0) is 43.5 Å². The second-order valence-corrected chi connectivity index (χ2v) is 5.14. The molecular weight excluding hydrogens is 228 g/mol. The molecule has 1 aliphatic heterocycles. The maximum atomic E-state index is 9.60. The lowest BCUT2D eigenvalue weighted by Gasteiger charge is -2.18. The summed E-state index contributed by atoms with van der Waals surface area (Å²) in [7, 11) is 1.65. The topological polar surface area (TPSA) is 58.7 Å². The summed E-state index contributed by atoms with van der Waals surface area (Å²) in [6.45, 7) is 4.73. The van der Waals surface area contributed by atoms with Crippen molar-refractivity contribution in [2.24, 2.45) is 5.92 Å². The van der Waals surface area contributed by atoms with Crippen molar-refractivity contribution in [2.45, 2.75) is 26.0 Å². The van der Waals surface area contributed by atoms with E-state index in [1.165, 1.54) is 0 Å². The van der Waals surface area contributed by atoms with Gasteiger partial charge in [0.05, 0.1) is 13.2 Å². The largest absolute Gasteiger partial charge is 0.497 e. The highest BCUT2D eigenvalue weighted by molar-refractivity contribution is 5.47. The van der Waals surface area contributed by atoms with Gasteiger partial charge in [0.2, 0.25) is 0 Å². The fourth-order valence-corrected chi connectivity index (χ4v) is 2.55. The van der Waals surface area contributed by atoms with Crippen LogP contribution in [-0.4, -0.2) is 36.3 Å². The van der Waals surface area contributed by atoms with Crippen LogP contribution in [0.25, 0.3) is 0 Å². The molecule has 0 radical (unpaired) electrons. The number of nitrogens with two attached hydrogens (primary N) is 1. The Hall–Kier alpha value is -1.26. The number of nitrogen functional groups attached to an aromatic ring is 1. The lowest BCUT2D eigenvalue weighted by molar-refractivity contribution is 0.127. The van der Waals surface area contributed by atoms with Gasteiger partial charge in [0.1, 0.15) is 5.75 Å². The minimum absolute atomic E-state index is 0.217. The first-order valence-corrected chi connectivity index (χ1v) is 6.42. The highest BCUT2D eigenvalue weighted by atomic mass is 16.5. The minimum Gasteiger partial charge on any atom is -0.497 e. The van der Waals surface area contributed by atoms with Crippen molar-refractivity contribution >= 4 is 5.69 Å². The lowest BCUT2D eigenvalue weighted by atomic mass is 10.0. The second kappa shape index (κ2) is 5.59. The average Bonchev–Trinajstić information content (AvgIpc) is 2.76. The summed E-state index contributed by atoms with van der Waals surface area (Å²) < 4.78 is 5.22. The highest BCUT2D eigenvalue weighted by Gasteiger charge is 2.25. The number of ether oxygens (including phenoxy) is 1. The second-order valence-electron chi connectivity index (χ2n) is 5.14. The molecule has 0 bridgehead atoms. The molecular formula is C14H22N2O2. The first kappa shape index (κ1) is 13.2. The quantitative estimate of drug-likeness (QED) is 0.795. The van der Waals surface area contributed by atoms with Crippen LogP contribution in [0.15, 0.2) is 18.2 Å². The van der Waals surface area contributed by atoms with Gasteiger partial charge in [0.25, 0.3) is 0 Å². The van der Waals surface area contributed by atoms with Crippen molar-refractivity contribution < 1.29 is 9.84 Å². The number of benzene rings is 1. The van der Waals surface area contributed by atoms with Crippen molar-refractivity contribution in [1.82, 2.24) is 4.90 Å². The van der Waals surface area contributed by atoms with Crippen molar-refractivity contribution in [3.05, 3.63) is 23.8 Å². The summed E-state index contributed by atoms with van der Waals surface area (Å²) in [5.41, 5.74) is 7.74. The molecule has 1 aliphatic rings. The first-order chi connectivity index (χ1) is 8.58. The van der Waals surface area contributed by atoms with Gasteiger partial charge in [0, 0.05) is 24.8 Å². The summed E-state index contributed by atoms with van der Waals surface area (Å²) in [5, 5.41) is 9.60. The predicted octanol–water partition coefficient (Wildman–Crippen LogP) is 1.48. The van der Waals surface area contributed by atoms with Gasteiger partial charge >= 0.3 is 0 Å². The average molecular weight is 250 g/mol. The summed E-state index contributed by atoms with van der Waals surface area (Å²) in [6.07, 6.45) is 0.849. The number of nitrogens with zero attached hydrogens (tertiary/aromatic N) is 1. The Morgan fingerprint density at radius 2 is 2.28 bits per heavy atom. The molecule has 4 nitrogen and oxygen atoms in total. The van der Waals surface area contributed by atoms with Crippen LogP contribution in [-0.2, 0) is 6.54 Å². The van der Waals surface area contributed by atoms with Crippen LogP contribution in [0.3, 0.4) is 0 Å².